The lowest BCUT2D eigenvalue weighted by molar-refractivity contribution is 0.343. The van der Waals surface area contributed by atoms with E-state index in [0.717, 1.165) is 27.4 Å². The first-order valence-electron chi connectivity index (χ1n) is 7.01. The van der Waals surface area contributed by atoms with Crippen molar-refractivity contribution in [2.24, 2.45) is 0 Å². The lowest BCUT2D eigenvalue weighted by Crippen LogP contribution is -2.00. The number of aromatic nitrogens is 3. The van der Waals surface area contributed by atoms with Gasteiger partial charge in [0.25, 0.3) is 0 Å². The first-order valence-corrected chi connectivity index (χ1v) is 8.87. The maximum Gasteiger partial charge on any atom is 0.208 e. The standard InChI is InChI=1S/C16H17N3OS2/c1-11-8-12(2)10-13(9-11)20-5-7-22-16-17-15(18-19-16)14-4-3-6-21-14/h3-4,6,8-10H,5,7H2,1-2H3,(H,17,18,19). The highest BCUT2D eigenvalue weighted by molar-refractivity contribution is 7.99. The van der Waals surface area contributed by atoms with Crippen LogP contribution in [-0.2, 0) is 0 Å². The zero-order chi connectivity index (χ0) is 15.4. The molecule has 4 nitrogen and oxygen atoms in total. The summed E-state index contributed by atoms with van der Waals surface area (Å²) in [7, 11) is 0. The fraction of sp³-hybridized carbons (Fsp3) is 0.250. The summed E-state index contributed by atoms with van der Waals surface area (Å²) in [4.78, 5) is 5.58. The van der Waals surface area contributed by atoms with E-state index in [2.05, 4.69) is 47.2 Å². The summed E-state index contributed by atoms with van der Waals surface area (Å²) >= 11 is 3.24. The average molecular weight is 331 g/mol. The molecule has 0 fully saturated rings. The molecule has 3 aromatic rings. The van der Waals surface area contributed by atoms with Crippen molar-refractivity contribution >= 4 is 23.1 Å². The van der Waals surface area contributed by atoms with Gasteiger partial charge in [-0.25, -0.2) is 4.98 Å². The fourth-order valence-electron chi connectivity index (χ4n) is 2.14. The van der Waals surface area contributed by atoms with Crippen molar-refractivity contribution in [1.29, 1.82) is 0 Å². The van der Waals surface area contributed by atoms with E-state index in [4.69, 9.17) is 4.74 Å². The Hall–Kier alpha value is -1.79. The number of aryl methyl sites for hydroxylation is 2. The van der Waals surface area contributed by atoms with Gasteiger partial charge in [0.05, 0.1) is 11.5 Å². The second kappa shape index (κ2) is 6.98. The number of thioether (sulfide) groups is 1. The summed E-state index contributed by atoms with van der Waals surface area (Å²) in [6.07, 6.45) is 0. The Labute approximate surface area is 137 Å². The van der Waals surface area contributed by atoms with Gasteiger partial charge in [-0.3, -0.25) is 5.10 Å². The van der Waals surface area contributed by atoms with E-state index in [1.165, 1.54) is 11.1 Å². The third-order valence-corrected chi connectivity index (χ3v) is 4.69. The van der Waals surface area contributed by atoms with Gasteiger partial charge >= 0.3 is 0 Å². The summed E-state index contributed by atoms with van der Waals surface area (Å²) in [6, 6.07) is 10.3. The van der Waals surface area contributed by atoms with Crippen LogP contribution in [-0.4, -0.2) is 27.5 Å². The van der Waals surface area contributed by atoms with Crippen LogP contribution < -0.4 is 4.74 Å². The van der Waals surface area contributed by atoms with Gasteiger partial charge in [-0.15, -0.1) is 16.4 Å². The number of nitrogens with one attached hydrogen (secondary N) is 1. The quantitative estimate of drug-likeness (QED) is 0.540. The van der Waals surface area contributed by atoms with Gasteiger partial charge in [-0.05, 0) is 48.6 Å². The summed E-state index contributed by atoms with van der Waals surface area (Å²) in [6.45, 7) is 4.79. The fourth-order valence-corrected chi connectivity index (χ4v) is 3.42. The Balaban J connectivity index is 1.49. The van der Waals surface area contributed by atoms with Gasteiger partial charge in [0.2, 0.25) is 5.16 Å². The van der Waals surface area contributed by atoms with Crippen LogP contribution in [0.3, 0.4) is 0 Å². The van der Waals surface area contributed by atoms with Crippen LogP contribution in [0.4, 0.5) is 0 Å². The monoisotopic (exact) mass is 331 g/mol. The number of hydrogen-bond donors (Lipinski definition) is 1. The van der Waals surface area contributed by atoms with Crippen LogP contribution in [0.15, 0.2) is 40.9 Å². The van der Waals surface area contributed by atoms with Crippen molar-refractivity contribution in [2.75, 3.05) is 12.4 Å². The highest BCUT2D eigenvalue weighted by Gasteiger charge is 2.06. The Kier molecular flexibility index (Phi) is 4.80. The third kappa shape index (κ3) is 3.90. The Morgan fingerprint density at radius 2 is 2.05 bits per heavy atom. The molecule has 0 radical (unpaired) electrons. The second-order valence-electron chi connectivity index (χ2n) is 4.96. The molecule has 0 unspecified atom stereocenters. The van der Waals surface area contributed by atoms with E-state index in [1.807, 2.05) is 17.5 Å². The number of thiophene rings is 1. The van der Waals surface area contributed by atoms with Crippen molar-refractivity contribution in [1.82, 2.24) is 15.2 Å². The van der Waals surface area contributed by atoms with E-state index >= 15 is 0 Å². The molecule has 1 aromatic carbocycles. The lowest BCUT2D eigenvalue weighted by atomic mass is 10.1. The molecule has 3 rings (SSSR count). The van der Waals surface area contributed by atoms with Gasteiger partial charge in [-0.1, -0.05) is 23.9 Å². The molecule has 2 heterocycles. The normalized spacial score (nSPS) is 10.8. The molecule has 0 amide bonds. The number of nitrogens with zero attached hydrogens (tertiary/aromatic N) is 2. The van der Waals surface area contributed by atoms with E-state index in [0.29, 0.717) is 6.61 Å². The maximum absolute atomic E-state index is 5.78. The van der Waals surface area contributed by atoms with Crippen LogP contribution in [0.2, 0.25) is 0 Å². The number of H-pyrrole nitrogens is 1. The van der Waals surface area contributed by atoms with Gasteiger partial charge in [0.15, 0.2) is 5.82 Å². The number of ether oxygens (including phenoxy) is 1. The number of rotatable bonds is 6. The molecule has 0 aliphatic heterocycles. The predicted octanol–water partition coefficient (Wildman–Crippen LogP) is 4.32. The van der Waals surface area contributed by atoms with Crippen molar-refractivity contribution < 1.29 is 4.74 Å². The first kappa shape index (κ1) is 15.1. The van der Waals surface area contributed by atoms with Gasteiger partial charge in [-0.2, -0.15) is 0 Å². The Morgan fingerprint density at radius 3 is 2.77 bits per heavy atom. The number of aromatic amines is 1. The van der Waals surface area contributed by atoms with Crippen LogP contribution in [0.25, 0.3) is 10.7 Å². The van der Waals surface area contributed by atoms with E-state index in [9.17, 15) is 0 Å². The molecule has 0 aliphatic rings. The summed E-state index contributed by atoms with van der Waals surface area (Å²) in [5.74, 6) is 2.56. The molecule has 0 atom stereocenters. The summed E-state index contributed by atoms with van der Waals surface area (Å²) < 4.78 is 5.78. The predicted molar refractivity (Wildman–Crippen MR) is 91.8 cm³/mol. The molecule has 114 valence electrons. The van der Waals surface area contributed by atoms with Gasteiger partial charge in [0, 0.05) is 5.75 Å². The Morgan fingerprint density at radius 1 is 1.23 bits per heavy atom. The van der Waals surface area contributed by atoms with E-state index < -0.39 is 0 Å². The number of hydrogen-bond acceptors (Lipinski definition) is 5. The largest absolute Gasteiger partial charge is 0.493 e. The number of benzene rings is 1. The minimum absolute atomic E-state index is 0.635. The van der Waals surface area contributed by atoms with Crippen LogP contribution in [0.5, 0.6) is 5.75 Å². The van der Waals surface area contributed by atoms with Gasteiger partial charge < -0.3 is 4.74 Å². The summed E-state index contributed by atoms with van der Waals surface area (Å²) in [5, 5.41) is 9.98. The minimum Gasteiger partial charge on any atom is -0.493 e. The van der Waals surface area contributed by atoms with Crippen LogP contribution in [0, 0.1) is 13.8 Å². The SMILES string of the molecule is Cc1cc(C)cc(OCCSc2n[nH]c(-c3cccs3)n2)c1. The molecular weight excluding hydrogens is 314 g/mol. The molecular formula is C16H17N3OS2. The van der Waals surface area contributed by atoms with E-state index in [-0.39, 0.29) is 0 Å². The van der Waals surface area contributed by atoms with Crippen molar-refractivity contribution in [3.05, 3.63) is 46.8 Å². The first-order chi connectivity index (χ1) is 10.7. The lowest BCUT2D eigenvalue weighted by Gasteiger charge is -2.07. The second-order valence-corrected chi connectivity index (χ2v) is 6.97. The molecule has 0 saturated carbocycles. The van der Waals surface area contributed by atoms with Crippen LogP contribution in [0.1, 0.15) is 11.1 Å². The molecule has 2 aromatic heterocycles. The zero-order valence-corrected chi connectivity index (χ0v) is 14.1. The molecule has 0 bridgehead atoms. The third-order valence-electron chi connectivity index (χ3n) is 3.00. The molecule has 0 saturated heterocycles. The van der Waals surface area contributed by atoms with Crippen molar-refractivity contribution in [3.63, 3.8) is 0 Å². The van der Waals surface area contributed by atoms with E-state index in [1.54, 1.807) is 23.1 Å². The van der Waals surface area contributed by atoms with Crippen molar-refractivity contribution in [2.45, 2.75) is 19.0 Å². The highest BCUT2D eigenvalue weighted by Crippen LogP contribution is 2.23. The molecule has 0 aliphatic carbocycles. The minimum atomic E-state index is 0.635. The zero-order valence-electron chi connectivity index (χ0n) is 12.5. The topological polar surface area (TPSA) is 50.8 Å². The molecule has 22 heavy (non-hydrogen) atoms. The Bertz CT molecular complexity index is 717. The van der Waals surface area contributed by atoms with Crippen LogP contribution >= 0.6 is 23.1 Å². The highest BCUT2D eigenvalue weighted by atomic mass is 32.2. The molecule has 0 spiro atoms. The molecule has 1 N–H and O–H groups in total. The smallest absolute Gasteiger partial charge is 0.208 e. The maximum atomic E-state index is 5.78. The average Bonchev–Trinajstić information content (AvgIpc) is 3.13. The van der Waals surface area contributed by atoms with Crippen molar-refractivity contribution in [3.8, 4) is 16.5 Å². The molecule has 6 heteroatoms. The van der Waals surface area contributed by atoms with Gasteiger partial charge in [0.1, 0.15) is 5.75 Å². The summed E-state index contributed by atoms with van der Waals surface area (Å²) in [5.41, 5.74) is 2.44.